The summed E-state index contributed by atoms with van der Waals surface area (Å²) in [6.45, 7) is 5.25. The van der Waals surface area contributed by atoms with Gasteiger partial charge < -0.3 is 19.3 Å². The van der Waals surface area contributed by atoms with E-state index < -0.39 is 0 Å². The van der Waals surface area contributed by atoms with E-state index in [1.165, 1.54) is 0 Å². The van der Waals surface area contributed by atoms with Gasteiger partial charge in [-0.15, -0.1) is 11.8 Å². The Morgan fingerprint density at radius 3 is 2.76 bits per heavy atom. The van der Waals surface area contributed by atoms with Crippen molar-refractivity contribution in [3.8, 4) is 11.5 Å². The minimum Gasteiger partial charge on any atom is -0.486 e. The van der Waals surface area contributed by atoms with E-state index in [-0.39, 0.29) is 5.91 Å². The molecule has 0 radical (unpaired) electrons. The third-order valence-electron chi connectivity index (χ3n) is 4.77. The zero-order chi connectivity index (χ0) is 20.2. The number of ether oxygens (including phenoxy) is 2. The molecule has 0 aliphatic carbocycles. The van der Waals surface area contributed by atoms with Crippen LogP contribution in [0.3, 0.4) is 0 Å². The number of aryl methyl sites for hydroxylation is 2. The summed E-state index contributed by atoms with van der Waals surface area (Å²) in [6.07, 6.45) is 0. The van der Waals surface area contributed by atoms with Gasteiger partial charge in [-0.2, -0.15) is 0 Å². The molecule has 29 heavy (non-hydrogen) atoms. The van der Waals surface area contributed by atoms with Gasteiger partial charge in [-0.25, -0.2) is 0 Å². The van der Waals surface area contributed by atoms with E-state index in [4.69, 9.17) is 14.0 Å². The summed E-state index contributed by atoms with van der Waals surface area (Å²) in [7, 11) is 0. The molecule has 0 spiro atoms. The SMILES string of the molecule is Cc1noc(C)c1CSc1ccccc1C(=O)NCc1cccc2c1OCCO2. The molecule has 7 heteroatoms. The van der Waals surface area contributed by atoms with Crippen LogP contribution in [0.5, 0.6) is 11.5 Å². The van der Waals surface area contributed by atoms with Gasteiger partial charge in [-0.1, -0.05) is 29.4 Å². The first kappa shape index (κ1) is 19.4. The van der Waals surface area contributed by atoms with Gasteiger partial charge in [0.15, 0.2) is 11.5 Å². The fourth-order valence-corrected chi connectivity index (χ4v) is 4.39. The molecule has 0 saturated carbocycles. The van der Waals surface area contributed by atoms with Crippen molar-refractivity contribution in [1.29, 1.82) is 0 Å². The highest BCUT2D eigenvalue weighted by atomic mass is 32.2. The number of fused-ring (bicyclic) bond motifs is 1. The lowest BCUT2D eigenvalue weighted by Crippen LogP contribution is -2.24. The molecule has 1 amide bonds. The van der Waals surface area contributed by atoms with Crippen LogP contribution in [0.1, 0.15) is 32.9 Å². The monoisotopic (exact) mass is 410 g/mol. The van der Waals surface area contributed by atoms with Crippen molar-refractivity contribution >= 4 is 17.7 Å². The molecule has 2 heterocycles. The molecule has 0 saturated heterocycles. The number of rotatable bonds is 6. The van der Waals surface area contributed by atoms with Gasteiger partial charge in [0.2, 0.25) is 0 Å². The summed E-state index contributed by atoms with van der Waals surface area (Å²) in [6, 6.07) is 13.3. The molecule has 1 aliphatic heterocycles. The standard InChI is InChI=1S/C22H22N2O4S/c1-14-18(15(2)28-24-14)13-29-20-9-4-3-7-17(20)22(25)23-12-16-6-5-8-19-21(16)27-11-10-26-19/h3-9H,10-13H2,1-2H3,(H,23,25). The lowest BCUT2D eigenvalue weighted by atomic mass is 10.1. The Balaban J connectivity index is 1.46. The highest BCUT2D eigenvalue weighted by Crippen LogP contribution is 2.34. The summed E-state index contributed by atoms with van der Waals surface area (Å²) in [4.78, 5) is 13.8. The molecule has 3 aromatic rings. The second-order valence-corrected chi connectivity index (χ2v) is 7.73. The lowest BCUT2D eigenvalue weighted by Gasteiger charge is -2.21. The van der Waals surface area contributed by atoms with E-state index in [1.807, 2.05) is 56.3 Å². The average molecular weight is 410 g/mol. The molecule has 1 aliphatic rings. The van der Waals surface area contributed by atoms with Gasteiger partial charge in [0.25, 0.3) is 5.91 Å². The van der Waals surface area contributed by atoms with E-state index in [0.29, 0.717) is 36.8 Å². The number of para-hydroxylation sites is 1. The van der Waals surface area contributed by atoms with Crippen molar-refractivity contribution in [2.45, 2.75) is 31.0 Å². The molecule has 0 atom stereocenters. The van der Waals surface area contributed by atoms with Crippen LogP contribution in [-0.2, 0) is 12.3 Å². The van der Waals surface area contributed by atoms with E-state index in [2.05, 4.69) is 10.5 Å². The van der Waals surface area contributed by atoms with E-state index in [0.717, 1.165) is 33.2 Å². The number of hydrogen-bond donors (Lipinski definition) is 1. The fourth-order valence-electron chi connectivity index (χ4n) is 3.18. The minimum atomic E-state index is -0.124. The van der Waals surface area contributed by atoms with Crippen molar-refractivity contribution in [2.24, 2.45) is 0 Å². The van der Waals surface area contributed by atoms with Gasteiger partial charge in [0.1, 0.15) is 19.0 Å². The maximum Gasteiger partial charge on any atom is 0.252 e. The topological polar surface area (TPSA) is 73.6 Å². The first-order valence-corrected chi connectivity index (χ1v) is 10.4. The molecule has 1 N–H and O–H groups in total. The Hall–Kier alpha value is -2.93. The summed E-state index contributed by atoms with van der Waals surface area (Å²) < 4.78 is 16.6. The number of carbonyl (C=O) groups is 1. The van der Waals surface area contributed by atoms with Crippen LogP contribution in [-0.4, -0.2) is 24.3 Å². The fraction of sp³-hybridized carbons (Fsp3) is 0.273. The number of thioether (sulfide) groups is 1. The molecular weight excluding hydrogens is 388 g/mol. The van der Waals surface area contributed by atoms with Gasteiger partial charge in [0.05, 0.1) is 11.3 Å². The predicted molar refractivity (Wildman–Crippen MR) is 111 cm³/mol. The number of aromatic nitrogens is 1. The number of benzene rings is 2. The number of nitrogens with zero attached hydrogens (tertiary/aromatic N) is 1. The quantitative estimate of drug-likeness (QED) is 0.612. The molecule has 0 bridgehead atoms. The molecule has 2 aromatic carbocycles. The summed E-state index contributed by atoms with van der Waals surface area (Å²) in [5.41, 5.74) is 3.49. The molecule has 1 aromatic heterocycles. The third kappa shape index (κ3) is 4.24. The van der Waals surface area contributed by atoms with Crippen molar-refractivity contribution in [2.75, 3.05) is 13.2 Å². The van der Waals surface area contributed by atoms with Gasteiger partial charge in [-0.3, -0.25) is 4.79 Å². The highest BCUT2D eigenvalue weighted by Gasteiger charge is 2.18. The van der Waals surface area contributed by atoms with Crippen molar-refractivity contribution < 1.29 is 18.8 Å². The van der Waals surface area contributed by atoms with E-state index in [1.54, 1.807) is 11.8 Å². The maximum absolute atomic E-state index is 12.9. The summed E-state index contributed by atoms with van der Waals surface area (Å²) in [5, 5.41) is 7.00. The van der Waals surface area contributed by atoms with Crippen LogP contribution in [0.25, 0.3) is 0 Å². The Morgan fingerprint density at radius 1 is 1.10 bits per heavy atom. The normalized spacial score (nSPS) is 12.6. The van der Waals surface area contributed by atoms with Crippen molar-refractivity contribution in [3.05, 3.63) is 70.6 Å². The number of hydrogen-bond acceptors (Lipinski definition) is 6. The smallest absolute Gasteiger partial charge is 0.252 e. The van der Waals surface area contributed by atoms with Gasteiger partial charge in [0, 0.05) is 28.3 Å². The summed E-state index contributed by atoms with van der Waals surface area (Å²) in [5.74, 6) is 2.82. The summed E-state index contributed by atoms with van der Waals surface area (Å²) >= 11 is 1.60. The van der Waals surface area contributed by atoms with Crippen LogP contribution >= 0.6 is 11.8 Å². The first-order chi connectivity index (χ1) is 14.1. The highest BCUT2D eigenvalue weighted by molar-refractivity contribution is 7.98. The Morgan fingerprint density at radius 2 is 1.93 bits per heavy atom. The Labute approximate surface area is 173 Å². The molecule has 0 unspecified atom stereocenters. The number of nitrogens with one attached hydrogen (secondary N) is 1. The van der Waals surface area contributed by atoms with Crippen molar-refractivity contribution in [1.82, 2.24) is 10.5 Å². The second kappa shape index (κ2) is 8.61. The van der Waals surface area contributed by atoms with Crippen LogP contribution < -0.4 is 14.8 Å². The predicted octanol–water partition coefficient (Wildman–Crippen LogP) is 4.28. The average Bonchev–Trinajstić information content (AvgIpc) is 3.08. The van der Waals surface area contributed by atoms with Crippen LogP contribution in [0.2, 0.25) is 0 Å². The number of carbonyl (C=O) groups excluding carboxylic acids is 1. The van der Waals surface area contributed by atoms with Crippen LogP contribution in [0.4, 0.5) is 0 Å². The van der Waals surface area contributed by atoms with Crippen LogP contribution in [0.15, 0.2) is 51.9 Å². The second-order valence-electron chi connectivity index (χ2n) is 6.71. The lowest BCUT2D eigenvalue weighted by molar-refractivity contribution is 0.0947. The largest absolute Gasteiger partial charge is 0.486 e. The maximum atomic E-state index is 12.9. The van der Waals surface area contributed by atoms with Gasteiger partial charge >= 0.3 is 0 Å². The minimum absolute atomic E-state index is 0.124. The molecular formula is C22H22N2O4S. The third-order valence-corrected chi connectivity index (χ3v) is 5.87. The molecule has 0 fully saturated rings. The van der Waals surface area contributed by atoms with Crippen LogP contribution in [0, 0.1) is 13.8 Å². The van der Waals surface area contributed by atoms with E-state index in [9.17, 15) is 4.79 Å². The Bertz CT molecular complexity index is 1010. The zero-order valence-electron chi connectivity index (χ0n) is 16.4. The molecule has 6 nitrogen and oxygen atoms in total. The van der Waals surface area contributed by atoms with Gasteiger partial charge in [-0.05, 0) is 32.0 Å². The van der Waals surface area contributed by atoms with E-state index >= 15 is 0 Å². The first-order valence-electron chi connectivity index (χ1n) is 9.42. The molecule has 4 rings (SSSR count). The Kier molecular flexibility index (Phi) is 5.76. The molecule has 150 valence electrons. The van der Waals surface area contributed by atoms with Crippen molar-refractivity contribution in [3.63, 3.8) is 0 Å². The number of amides is 1. The zero-order valence-corrected chi connectivity index (χ0v) is 17.2.